The summed E-state index contributed by atoms with van der Waals surface area (Å²) < 4.78 is 12.1. The number of likely N-dealkylation sites (tertiary alicyclic amines) is 2. The topological polar surface area (TPSA) is 62.2 Å². The molecular weight excluding hydrogens is 484 g/mol. The Labute approximate surface area is 202 Å². The van der Waals surface area contributed by atoms with Gasteiger partial charge in [-0.15, -0.1) is 0 Å². The fourth-order valence-electron chi connectivity index (χ4n) is 5.81. The number of carbonyl (C=O) groups excluding carboxylic acids is 1. The first kappa shape index (κ1) is 22.4. The van der Waals surface area contributed by atoms with Gasteiger partial charge in [-0.3, -0.25) is 9.69 Å². The van der Waals surface area contributed by atoms with Crippen LogP contribution in [0.25, 0.3) is 0 Å². The Bertz CT molecular complexity index is 1060. The molecule has 33 heavy (non-hydrogen) atoms. The third-order valence-electron chi connectivity index (χ3n) is 7.66. The molecule has 5 unspecified atom stereocenters. The summed E-state index contributed by atoms with van der Waals surface area (Å²) in [5.41, 5.74) is 1.75. The third kappa shape index (κ3) is 3.66. The number of rotatable bonds is 5. The molecule has 174 valence electrons. The molecule has 3 aliphatic heterocycles. The second-order valence-electron chi connectivity index (χ2n) is 9.63. The van der Waals surface area contributed by atoms with E-state index in [9.17, 15) is 9.90 Å². The minimum Gasteiger partial charge on any atom is -0.462 e. The predicted octanol–water partition coefficient (Wildman–Crippen LogP) is 4.06. The van der Waals surface area contributed by atoms with Crippen molar-refractivity contribution in [2.75, 3.05) is 13.8 Å². The molecule has 0 radical (unpaired) electrons. The second kappa shape index (κ2) is 8.46. The molecule has 2 saturated heterocycles. The molecule has 3 aliphatic rings. The van der Waals surface area contributed by atoms with Crippen LogP contribution in [-0.2, 0) is 20.7 Å². The van der Waals surface area contributed by atoms with Gasteiger partial charge in [-0.25, -0.2) is 0 Å². The van der Waals surface area contributed by atoms with Gasteiger partial charge < -0.3 is 19.5 Å². The van der Waals surface area contributed by atoms with E-state index >= 15 is 0 Å². The lowest BCUT2D eigenvalue weighted by Crippen LogP contribution is -2.52. The first-order valence-electron chi connectivity index (χ1n) is 11.3. The maximum Gasteiger partial charge on any atom is 0.230 e. The molecule has 2 aromatic rings. The van der Waals surface area contributed by atoms with Crippen molar-refractivity contribution in [2.45, 2.75) is 44.1 Å². The average molecular weight is 513 g/mol. The first-order valence-corrected chi connectivity index (χ1v) is 12.1. The van der Waals surface area contributed by atoms with E-state index in [1.165, 1.54) is 0 Å². The maximum atomic E-state index is 14.1. The van der Waals surface area contributed by atoms with Gasteiger partial charge in [-0.05, 0) is 44.2 Å². The van der Waals surface area contributed by atoms with Crippen LogP contribution in [0.5, 0.6) is 0 Å². The Balaban J connectivity index is 1.54. The van der Waals surface area contributed by atoms with E-state index in [4.69, 9.17) is 9.47 Å². The smallest absolute Gasteiger partial charge is 0.230 e. The van der Waals surface area contributed by atoms with E-state index < -0.39 is 12.3 Å². The van der Waals surface area contributed by atoms with Crippen LogP contribution in [0.1, 0.15) is 31.0 Å². The second-order valence-corrected chi connectivity index (χ2v) is 10.5. The monoisotopic (exact) mass is 512 g/mol. The lowest BCUT2D eigenvalue weighted by molar-refractivity contribution is -0.142. The van der Waals surface area contributed by atoms with Crippen LogP contribution >= 0.6 is 15.9 Å². The molecule has 0 saturated carbocycles. The van der Waals surface area contributed by atoms with Gasteiger partial charge in [0.2, 0.25) is 12.7 Å². The van der Waals surface area contributed by atoms with E-state index in [-0.39, 0.29) is 36.1 Å². The number of hydrogen-bond donors (Lipinski definition) is 1. The number of fused-ring (bicyclic) bond motifs is 1. The van der Waals surface area contributed by atoms with Gasteiger partial charge in [-0.1, -0.05) is 58.4 Å². The molecule has 5 atom stereocenters. The van der Waals surface area contributed by atoms with Crippen molar-refractivity contribution in [2.24, 2.45) is 11.8 Å². The zero-order valence-electron chi connectivity index (χ0n) is 19.0. The molecule has 2 fully saturated rings. The zero-order chi connectivity index (χ0) is 23.3. The van der Waals surface area contributed by atoms with Crippen molar-refractivity contribution in [3.05, 3.63) is 82.2 Å². The lowest BCUT2D eigenvalue weighted by atomic mass is 9.81. The average Bonchev–Trinajstić information content (AvgIpc) is 3.47. The van der Waals surface area contributed by atoms with Crippen molar-refractivity contribution < 1.29 is 19.4 Å². The summed E-state index contributed by atoms with van der Waals surface area (Å²) in [6, 6.07) is 17.5. The van der Waals surface area contributed by atoms with Crippen molar-refractivity contribution in [3.8, 4) is 0 Å². The summed E-state index contributed by atoms with van der Waals surface area (Å²) in [4.78, 5) is 18.0. The number of aliphatic hydroxyl groups is 1. The Morgan fingerprint density at radius 1 is 1.15 bits per heavy atom. The molecule has 0 bridgehead atoms. The van der Waals surface area contributed by atoms with Crippen LogP contribution in [0.3, 0.4) is 0 Å². The number of ether oxygens (including phenoxy) is 2. The Kier molecular flexibility index (Phi) is 5.75. The summed E-state index contributed by atoms with van der Waals surface area (Å²) in [6.07, 6.45) is 1.18. The molecule has 1 amide bonds. The van der Waals surface area contributed by atoms with Crippen LogP contribution in [0.2, 0.25) is 0 Å². The normalized spacial score (nSPS) is 29.4. The van der Waals surface area contributed by atoms with Crippen molar-refractivity contribution >= 4 is 21.8 Å². The van der Waals surface area contributed by atoms with Crippen LogP contribution in [0.4, 0.5) is 0 Å². The fraction of sp³-hybridized carbons (Fsp3) is 0.423. The summed E-state index contributed by atoms with van der Waals surface area (Å²) in [7, 11) is 2.05. The number of benzene rings is 2. The summed E-state index contributed by atoms with van der Waals surface area (Å²) in [6.45, 7) is 4.36. The van der Waals surface area contributed by atoms with Gasteiger partial charge in [0.1, 0.15) is 12.5 Å². The fourth-order valence-corrected chi connectivity index (χ4v) is 6.08. The van der Waals surface area contributed by atoms with Gasteiger partial charge in [0, 0.05) is 28.4 Å². The van der Waals surface area contributed by atoms with E-state index in [0.29, 0.717) is 12.2 Å². The molecule has 0 aromatic heterocycles. The molecule has 0 spiro atoms. The maximum absolute atomic E-state index is 14.1. The van der Waals surface area contributed by atoms with Gasteiger partial charge in [0.05, 0.1) is 12.0 Å². The SMILES string of the molecule is CN1C(c2ccc(Br)cc2)C2C(=O)N(C(Cc3ccccc3)C3=COCO3)C(O)C2C1(C)C. The Morgan fingerprint density at radius 3 is 2.48 bits per heavy atom. The molecule has 6 nitrogen and oxygen atoms in total. The van der Waals surface area contributed by atoms with Gasteiger partial charge in [0.25, 0.3) is 0 Å². The number of nitrogens with zero attached hydrogens (tertiary/aromatic N) is 2. The minimum atomic E-state index is -0.931. The highest BCUT2D eigenvalue weighted by atomic mass is 79.9. The molecule has 2 aromatic carbocycles. The molecule has 5 rings (SSSR count). The van der Waals surface area contributed by atoms with Crippen LogP contribution in [0, 0.1) is 11.8 Å². The quantitative estimate of drug-likeness (QED) is 0.654. The van der Waals surface area contributed by atoms with E-state index in [2.05, 4.69) is 46.8 Å². The number of halogens is 1. The summed E-state index contributed by atoms with van der Waals surface area (Å²) in [5, 5.41) is 11.6. The minimum absolute atomic E-state index is 0.0461. The number of carbonyl (C=O) groups is 1. The van der Waals surface area contributed by atoms with Crippen LogP contribution in [0.15, 0.2) is 71.1 Å². The molecule has 7 heteroatoms. The number of aliphatic hydroxyl groups excluding tert-OH is 1. The summed E-state index contributed by atoms with van der Waals surface area (Å²) >= 11 is 3.51. The molecule has 0 aliphatic carbocycles. The lowest BCUT2D eigenvalue weighted by Gasteiger charge is -2.40. The Morgan fingerprint density at radius 2 is 1.85 bits per heavy atom. The number of hydrogen-bond acceptors (Lipinski definition) is 5. The summed E-state index contributed by atoms with van der Waals surface area (Å²) in [5.74, 6) is -0.0695. The zero-order valence-corrected chi connectivity index (χ0v) is 20.6. The first-order chi connectivity index (χ1) is 15.8. The highest BCUT2D eigenvalue weighted by Gasteiger charge is 2.65. The van der Waals surface area contributed by atoms with Crippen molar-refractivity contribution in [1.82, 2.24) is 9.80 Å². The predicted molar refractivity (Wildman–Crippen MR) is 128 cm³/mol. The largest absolute Gasteiger partial charge is 0.462 e. The highest BCUT2D eigenvalue weighted by molar-refractivity contribution is 9.10. The Hall–Kier alpha value is -2.35. The van der Waals surface area contributed by atoms with Gasteiger partial charge >= 0.3 is 0 Å². The third-order valence-corrected chi connectivity index (χ3v) is 8.18. The van der Waals surface area contributed by atoms with E-state index in [1.54, 1.807) is 11.2 Å². The van der Waals surface area contributed by atoms with Crippen LogP contribution < -0.4 is 0 Å². The van der Waals surface area contributed by atoms with E-state index in [0.717, 1.165) is 15.6 Å². The molecule has 1 N–H and O–H groups in total. The molecular formula is C26H29BrN2O4. The van der Waals surface area contributed by atoms with Crippen LogP contribution in [-0.4, -0.2) is 52.5 Å². The number of amides is 1. The highest BCUT2D eigenvalue weighted by Crippen LogP contribution is 2.56. The van der Waals surface area contributed by atoms with Gasteiger partial charge in [0.15, 0.2) is 5.76 Å². The van der Waals surface area contributed by atoms with Crippen molar-refractivity contribution in [1.29, 1.82) is 0 Å². The standard InChI is InChI=1S/C26H29BrN2O4/c1-26(2)22-21(23(28(26)3)17-9-11-18(27)12-10-17)24(30)29(25(22)31)19(20-14-32-15-33-20)13-16-7-5-4-6-8-16/h4-12,14,19,21-23,25,31H,13,15H2,1-3H3. The van der Waals surface area contributed by atoms with Crippen molar-refractivity contribution in [3.63, 3.8) is 0 Å². The van der Waals surface area contributed by atoms with Gasteiger partial charge in [-0.2, -0.15) is 0 Å². The van der Waals surface area contributed by atoms with E-state index in [1.807, 2.05) is 49.5 Å². The molecule has 3 heterocycles.